The first-order valence-electron chi connectivity index (χ1n) is 6.46. The first-order chi connectivity index (χ1) is 9.49. The molecule has 20 heavy (non-hydrogen) atoms. The quantitative estimate of drug-likeness (QED) is 0.916. The summed E-state index contributed by atoms with van der Waals surface area (Å²) in [7, 11) is 1.55. The number of amides is 2. The molecule has 1 fully saturated rings. The van der Waals surface area contributed by atoms with Gasteiger partial charge in [-0.1, -0.05) is 22.9 Å². The maximum Gasteiger partial charge on any atom is 0.250 e. The van der Waals surface area contributed by atoms with Gasteiger partial charge in [0.2, 0.25) is 11.8 Å². The van der Waals surface area contributed by atoms with Crippen molar-refractivity contribution < 1.29 is 14.3 Å². The number of anilines is 1. The van der Waals surface area contributed by atoms with Crippen LogP contribution in [0.2, 0.25) is 0 Å². The van der Waals surface area contributed by atoms with E-state index in [1.54, 1.807) is 26.2 Å². The van der Waals surface area contributed by atoms with Crippen molar-refractivity contribution in [2.75, 3.05) is 12.0 Å². The highest BCUT2D eigenvalue weighted by atomic mass is 79.9. The van der Waals surface area contributed by atoms with Gasteiger partial charge < -0.3 is 10.1 Å². The van der Waals surface area contributed by atoms with Gasteiger partial charge in [-0.2, -0.15) is 0 Å². The third kappa shape index (κ3) is 2.52. The number of ether oxygens (including phenoxy) is 1. The van der Waals surface area contributed by atoms with Crippen molar-refractivity contribution in [3.8, 4) is 5.75 Å². The lowest BCUT2D eigenvalue weighted by atomic mass is 10.0. The zero-order valence-electron chi connectivity index (χ0n) is 11.6. The number of carbonyl (C=O) groups excluding carboxylic acids is 2. The Bertz CT molecular complexity index is 547. The molecule has 0 bridgehead atoms. The van der Waals surface area contributed by atoms with Gasteiger partial charge in [0.05, 0.1) is 12.8 Å². The number of hydrogen-bond donors (Lipinski definition) is 1. The van der Waals surface area contributed by atoms with E-state index in [1.807, 2.05) is 13.0 Å². The van der Waals surface area contributed by atoms with Gasteiger partial charge in [0.1, 0.15) is 17.8 Å². The van der Waals surface area contributed by atoms with Crippen LogP contribution in [0, 0.1) is 0 Å². The number of hydrogen-bond acceptors (Lipinski definition) is 3. The molecule has 0 aromatic heterocycles. The van der Waals surface area contributed by atoms with Crippen LogP contribution in [-0.4, -0.2) is 31.0 Å². The molecule has 1 aromatic carbocycles. The van der Waals surface area contributed by atoms with Gasteiger partial charge in [0, 0.05) is 4.47 Å². The van der Waals surface area contributed by atoms with Crippen LogP contribution in [0.15, 0.2) is 22.7 Å². The normalized spacial score (nSPS) is 22.7. The van der Waals surface area contributed by atoms with Crippen LogP contribution in [0.25, 0.3) is 0 Å². The first kappa shape index (κ1) is 14.8. The Morgan fingerprint density at radius 1 is 1.40 bits per heavy atom. The number of nitrogens with zero attached hydrogens (tertiary/aromatic N) is 1. The topological polar surface area (TPSA) is 58.6 Å². The van der Waals surface area contributed by atoms with E-state index in [4.69, 9.17) is 4.74 Å². The zero-order valence-corrected chi connectivity index (χ0v) is 13.2. The summed E-state index contributed by atoms with van der Waals surface area (Å²) in [6, 6.07) is 4.36. The molecule has 0 radical (unpaired) electrons. The Hall–Kier alpha value is -1.56. The predicted molar refractivity (Wildman–Crippen MR) is 79.9 cm³/mol. The fourth-order valence-corrected chi connectivity index (χ4v) is 2.71. The SMILES string of the molecule is CCC1C(=O)NC(C)C(=O)N1c1cc(Br)ccc1OC. The van der Waals surface area contributed by atoms with Crippen LogP contribution in [0.3, 0.4) is 0 Å². The van der Waals surface area contributed by atoms with Crippen molar-refractivity contribution >= 4 is 33.4 Å². The van der Waals surface area contributed by atoms with Crippen LogP contribution in [0.1, 0.15) is 20.3 Å². The minimum atomic E-state index is -0.533. The van der Waals surface area contributed by atoms with Crippen LogP contribution in [-0.2, 0) is 9.59 Å². The van der Waals surface area contributed by atoms with Crippen molar-refractivity contribution in [1.82, 2.24) is 5.32 Å². The van der Waals surface area contributed by atoms with Gasteiger partial charge in [-0.05, 0) is 31.5 Å². The van der Waals surface area contributed by atoms with Crippen LogP contribution in [0.5, 0.6) is 5.75 Å². The van der Waals surface area contributed by atoms with Crippen molar-refractivity contribution in [2.45, 2.75) is 32.4 Å². The highest BCUT2D eigenvalue weighted by Crippen LogP contribution is 2.34. The second kappa shape index (κ2) is 5.83. The molecule has 108 valence electrons. The van der Waals surface area contributed by atoms with E-state index >= 15 is 0 Å². The summed E-state index contributed by atoms with van der Waals surface area (Å²) in [4.78, 5) is 26.1. The van der Waals surface area contributed by atoms with E-state index in [1.165, 1.54) is 4.90 Å². The molecule has 2 rings (SSSR count). The van der Waals surface area contributed by atoms with E-state index in [0.29, 0.717) is 17.9 Å². The molecule has 1 aliphatic heterocycles. The average molecular weight is 341 g/mol. The molecule has 0 saturated carbocycles. The van der Waals surface area contributed by atoms with E-state index in [0.717, 1.165) is 4.47 Å². The second-order valence-corrected chi connectivity index (χ2v) is 5.59. The molecule has 2 atom stereocenters. The summed E-state index contributed by atoms with van der Waals surface area (Å²) in [6.45, 7) is 3.56. The average Bonchev–Trinajstić information content (AvgIpc) is 2.42. The summed E-state index contributed by atoms with van der Waals surface area (Å²) in [5.74, 6) is 0.302. The second-order valence-electron chi connectivity index (χ2n) is 4.68. The molecule has 2 amide bonds. The summed E-state index contributed by atoms with van der Waals surface area (Å²) in [6.07, 6.45) is 0.542. The molecule has 1 aromatic rings. The molecule has 1 heterocycles. The number of halogens is 1. The van der Waals surface area contributed by atoms with Gasteiger partial charge >= 0.3 is 0 Å². The maximum atomic E-state index is 12.5. The molecule has 1 saturated heterocycles. The van der Waals surface area contributed by atoms with Gasteiger partial charge in [-0.3, -0.25) is 14.5 Å². The third-order valence-corrected chi connectivity index (χ3v) is 3.86. The summed E-state index contributed by atoms with van der Waals surface area (Å²) < 4.78 is 6.15. The molecular formula is C14H17BrN2O3. The lowest BCUT2D eigenvalue weighted by molar-refractivity contribution is -0.133. The lowest BCUT2D eigenvalue weighted by Gasteiger charge is -2.38. The summed E-state index contributed by atoms with van der Waals surface area (Å²) in [5.41, 5.74) is 0.612. The molecule has 1 N–H and O–H groups in total. The van der Waals surface area contributed by atoms with Crippen LogP contribution >= 0.6 is 15.9 Å². The molecular weight excluding hydrogens is 324 g/mol. The van der Waals surface area contributed by atoms with Crippen LogP contribution < -0.4 is 15.0 Å². The molecule has 5 nitrogen and oxygen atoms in total. The lowest BCUT2D eigenvalue weighted by Crippen LogP contribution is -2.62. The number of rotatable bonds is 3. The number of benzene rings is 1. The Kier molecular flexibility index (Phi) is 4.32. The van der Waals surface area contributed by atoms with Crippen molar-refractivity contribution in [3.05, 3.63) is 22.7 Å². The Morgan fingerprint density at radius 3 is 2.70 bits per heavy atom. The van der Waals surface area contributed by atoms with E-state index in [9.17, 15) is 9.59 Å². The Morgan fingerprint density at radius 2 is 2.10 bits per heavy atom. The van der Waals surface area contributed by atoms with Gasteiger partial charge in [-0.25, -0.2) is 0 Å². The highest BCUT2D eigenvalue weighted by molar-refractivity contribution is 9.10. The van der Waals surface area contributed by atoms with Crippen molar-refractivity contribution in [1.29, 1.82) is 0 Å². The van der Waals surface area contributed by atoms with Crippen molar-refractivity contribution in [3.63, 3.8) is 0 Å². The Labute approximate surface area is 126 Å². The zero-order chi connectivity index (χ0) is 14.9. The van der Waals surface area contributed by atoms with Gasteiger partial charge in [0.25, 0.3) is 0 Å². The van der Waals surface area contributed by atoms with E-state index in [-0.39, 0.29) is 11.8 Å². The van der Waals surface area contributed by atoms with Gasteiger partial charge in [-0.15, -0.1) is 0 Å². The molecule has 0 aliphatic carbocycles. The fraction of sp³-hybridized carbons (Fsp3) is 0.429. The molecule has 2 unspecified atom stereocenters. The summed E-state index contributed by atoms with van der Waals surface area (Å²) >= 11 is 3.39. The first-order valence-corrected chi connectivity index (χ1v) is 7.25. The highest BCUT2D eigenvalue weighted by Gasteiger charge is 2.39. The van der Waals surface area contributed by atoms with E-state index in [2.05, 4.69) is 21.2 Å². The largest absolute Gasteiger partial charge is 0.495 e. The number of methoxy groups -OCH3 is 1. The third-order valence-electron chi connectivity index (χ3n) is 3.37. The van der Waals surface area contributed by atoms with E-state index < -0.39 is 12.1 Å². The van der Waals surface area contributed by atoms with Crippen LogP contribution in [0.4, 0.5) is 5.69 Å². The fourth-order valence-electron chi connectivity index (χ4n) is 2.36. The minimum Gasteiger partial charge on any atom is -0.495 e. The monoisotopic (exact) mass is 340 g/mol. The Balaban J connectivity index is 2.54. The molecule has 6 heteroatoms. The summed E-state index contributed by atoms with van der Waals surface area (Å²) in [5, 5.41) is 2.70. The molecule has 0 spiro atoms. The predicted octanol–water partition coefficient (Wildman–Crippen LogP) is 2.09. The standard InChI is InChI=1S/C14H17BrN2O3/c1-4-10-13(18)16-8(2)14(19)17(10)11-7-9(15)5-6-12(11)20-3/h5-8,10H,4H2,1-3H3,(H,16,18). The van der Waals surface area contributed by atoms with Gasteiger partial charge in [0.15, 0.2) is 0 Å². The maximum absolute atomic E-state index is 12.5. The number of nitrogens with one attached hydrogen (secondary N) is 1. The number of carbonyl (C=O) groups is 2. The number of piperazine rings is 1. The van der Waals surface area contributed by atoms with Crippen molar-refractivity contribution in [2.24, 2.45) is 0 Å². The smallest absolute Gasteiger partial charge is 0.250 e. The molecule has 1 aliphatic rings. The minimum absolute atomic E-state index is 0.132.